The zero-order valence-electron chi connectivity index (χ0n) is 23.1. The second-order valence-corrected chi connectivity index (χ2v) is 10.4. The van der Waals surface area contributed by atoms with Crippen LogP contribution in [0.1, 0.15) is 32.3 Å². The summed E-state index contributed by atoms with van der Waals surface area (Å²) < 4.78 is 8.36. The lowest BCUT2D eigenvalue weighted by molar-refractivity contribution is -0.124. The minimum absolute atomic E-state index is 0.199. The minimum atomic E-state index is -0.646. The summed E-state index contributed by atoms with van der Waals surface area (Å²) in [7, 11) is 0. The first kappa shape index (κ1) is 29.7. The number of ether oxygens (including phenoxy) is 1. The molecule has 218 valence electrons. The van der Waals surface area contributed by atoms with Gasteiger partial charge in [-0.05, 0) is 65.9 Å². The third-order valence-electron chi connectivity index (χ3n) is 6.37. The van der Waals surface area contributed by atoms with Crippen molar-refractivity contribution in [1.29, 1.82) is 0 Å². The molecule has 0 bridgehead atoms. The molecule has 0 saturated heterocycles. The number of benzene rings is 1. The highest BCUT2D eigenvalue weighted by atomic mass is 32.1. The number of nitrogens with zero attached hydrogens (tertiary/aromatic N) is 3. The maximum absolute atomic E-state index is 13.0. The lowest BCUT2D eigenvalue weighted by Gasteiger charge is -2.12. The van der Waals surface area contributed by atoms with Crippen LogP contribution in [0.25, 0.3) is 22.6 Å². The second-order valence-electron chi connectivity index (χ2n) is 9.57. The Labute approximate surface area is 240 Å². The number of carbonyl (C=O) groups is 2. The Kier molecular flexibility index (Phi) is 10.1. The van der Waals surface area contributed by atoms with Gasteiger partial charge in [-0.3, -0.25) is 23.5 Å². The van der Waals surface area contributed by atoms with Crippen LogP contribution in [0, 0.1) is 0 Å². The molecule has 4 rings (SSSR count). The summed E-state index contributed by atoms with van der Waals surface area (Å²) in [5.41, 5.74) is 7.53. The highest BCUT2D eigenvalue weighted by Gasteiger charge is 2.18. The van der Waals surface area contributed by atoms with Crippen LogP contribution in [0.5, 0.6) is 5.75 Å². The third-order valence-corrected chi connectivity index (χ3v) is 7.10. The Balaban J connectivity index is 1.30. The van der Waals surface area contributed by atoms with Crippen molar-refractivity contribution in [2.75, 3.05) is 19.7 Å². The van der Waals surface area contributed by atoms with E-state index in [9.17, 15) is 19.2 Å². The number of aromatic nitrogens is 4. The maximum Gasteiger partial charge on any atom is 0.332 e. The molecule has 2 amide bonds. The summed E-state index contributed by atoms with van der Waals surface area (Å²) in [6, 6.07) is 8.19. The number of nitrogens with one attached hydrogen (secondary N) is 3. The molecule has 0 aliphatic heterocycles. The van der Waals surface area contributed by atoms with Gasteiger partial charge in [0.25, 0.3) is 11.5 Å². The monoisotopic (exact) mass is 581 g/mol. The van der Waals surface area contributed by atoms with Gasteiger partial charge in [0, 0.05) is 31.7 Å². The number of aryl methyl sites for hydroxylation is 1. The van der Waals surface area contributed by atoms with Crippen LogP contribution >= 0.6 is 11.3 Å². The second kappa shape index (κ2) is 13.9. The summed E-state index contributed by atoms with van der Waals surface area (Å²) in [5.74, 6) is 0.324. The van der Waals surface area contributed by atoms with Crippen molar-refractivity contribution in [2.24, 2.45) is 5.73 Å². The molecule has 41 heavy (non-hydrogen) atoms. The minimum Gasteiger partial charge on any atom is -0.484 e. The van der Waals surface area contributed by atoms with Crippen LogP contribution in [-0.4, -0.2) is 56.7 Å². The number of nitrogens with two attached hydrogens (primary N) is 1. The largest absolute Gasteiger partial charge is 0.484 e. The topological polar surface area (TPSA) is 166 Å². The molecule has 13 heteroatoms. The van der Waals surface area contributed by atoms with Crippen molar-refractivity contribution < 1.29 is 14.3 Å². The first-order valence-corrected chi connectivity index (χ1v) is 14.5. The first-order chi connectivity index (χ1) is 19.8. The summed E-state index contributed by atoms with van der Waals surface area (Å²) >= 11 is 1.55. The molecule has 4 aromatic rings. The molecule has 12 nitrogen and oxygen atoms in total. The lowest BCUT2D eigenvalue weighted by Crippen LogP contribution is -2.45. The maximum atomic E-state index is 13.0. The molecular weight excluding hydrogens is 546 g/mol. The number of hydrogen-bond acceptors (Lipinski definition) is 8. The summed E-state index contributed by atoms with van der Waals surface area (Å²) in [4.78, 5) is 57.8. The van der Waals surface area contributed by atoms with E-state index in [1.54, 1.807) is 35.6 Å². The molecule has 0 spiro atoms. The van der Waals surface area contributed by atoms with E-state index in [4.69, 9.17) is 10.5 Å². The fourth-order valence-corrected chi connectivity index (χ4v) is 5.01. The van der Waals surface area contributed by atoms with E-state index in [1.807, 2.05) is 30.7 Å². The van der Waals surface area contributed by atoms with Crippen LogP contribution in [-0.2, 0) is 29.1 Å². The van der Waals surface area contributed by atoms with Gasteiger partial charge in [-0.25, -0.2) is 9.78 Å². The molecule has 0 radical (unpaired) electrons. The van der Waals surface area contributed by atoms with Crippen molar-refractivity contribution in [1.82, 2.24) is 29.7 Å². The van der Waals surface area contributed by atoms with Gasteiger partial charge in [-0.1, -0.05) is 13.8 Å². The standard InChI is InChI=1S/C28H35N7O5S/c1-3-12-34-25-23(27(38)35(13-4-2)28(34)39)32-24(33-25)19-5-7-20(8-6-19)40-16-22(36)30-10-11-31-26(37)21(29)15-18-9-14-41-17-18/h5-9,14,17,21H,3-4,10-13,15-16,29H2,1-2H3,(H,30,36)(H,31,37)(H,32,33)/t21-/m0/s1. The predicted octanol–water partition coefficient (Wildman–Crippen LogP) is 1.62. The smallest absolute Gasteiger partial charge is 0.332 e. The van der Waals surface area contributed by atoms with E-state index in [0.717, 1.165) is 12.0 Å². The summed E-state index contributed by atoms with van der Waals surface area (Å²) in [6.07, 6.45) is 1.85. The number of imidazole rings is 1. The highest BCUT2D eigenvalue weighted by Crippen LogP contribution is 2.22. The highest BCUT2D eigenvalue weighted by molar-refractivity contribution is 7.07. The van der Waals surface area contributed by atoms with E-state index >= 15 is 0 Å². The van der Waals surface area contributed by atoms with Crippen molar-refractivity contribution in [3.63, 3.8) is 0 Å². The number of aromatic amines is 1. The van der Waals surface area contributed by atoms with Crippen LogP contribution in [0.15, 0.2) is 50.7 Å². The van der Waals surface area contributed by atoms with E-state index in [-0.39, 0.29) is 42.8 Å². The third kappa shape index (κ3) is 7.30. The first-order valence-electron chi connectivity index (χ1n) is 13.6. The molecule has 3 heterocycles. The van der Waals surface area contributed by atoms with Crippen LogP contribution in [0.3, 0.4) is 0 Å². The molecule has 0 unspecified atom stereocenters. The number of H-pyrrole nitrogens is 1. The number of fused-ring (bicyclic) bond motifs is 1. The van der Waals surface area contributed by atoms with Gasteiger partial charge in [0.1, 0.15) is 17.1 Å². The van der Waals surface area contributed by atoms with E-state index in [0.29, 0.717) is 54.2 Å². The zero-order chi connectivity index (χ0) is 29.4. The fourth-order valence-electron chi connectivity index (χ4n) is 4.33. The molecule has 0 aliphatic rings. The number of thiophene rings is 1. The molecule has 0 saturated carbocycles. The molecule has 5 N–H and O–H groups in total. The number of rotatable bonds is 14. The van der Waals surface area contributed by atoms with Gasteiger partial charge in [0.15, 0.2) is 12.3 Å². The van der Waals surface area contributed by atoms with Crippen LogP contribution in [0.4, 0.5) is 0 Å². The Morgan fingerprint density at radius 2 is 1.76 bits per heavy atom. The van der Waals surface area contributed by atoms with Gasteiger partial charge < -0.3 is 26.1 Å². The SMILES string of the molecule is CCCn1c(=O)c2[nH]c(-c3ccc(OCC(=O)NCCNC(=O)[C@@H](N)Cc4ccsc4)cc3)nc2n(CCC)c1=O. The van der Waals surface area contributed by atoms with Gasteiger partial charge in [0.2, 0.25) is 5.91 Å². The quantitative estimate of drug-likeness (QED) is 0.164. The predicted molar refractivity (Wildman–Crippen MR) is 158 cm³/mol. The molecule has 1 atom stereocenters. The van der Waals surface area contributed by atoms with Crippen LogP contribution < -0.4 is 32.4 Å². The van der Waals surface area contributed by atoms with Crippen molar-refractivity contribution in [3.05, 3.63) is 67.5 Å². The number of hydrogen-bond donors (Lipinski definition) is 4. The normalized spacial score (nSPS) is 11.9. The van der Waals surface area contributed by atoms with E-state index < -0.39 is 6.04 Å². The van der Waals surface area contributed by atoms with Crippen molar-refractivity contribution in [3.8, 4) is 17.1 Å². The Bertz CT molecular complexity index is 1590. The van der Waals surface area contributed by atoms with E-state index in [2.05, 4.69) is 20.6 Å². The zero-order valence-corrected chi connectivity index (χ0v) is 24.0. The van der Waals surface area contributed by atoms with Gasteiger partial charge in [0.05, 0.1) is 6.04 Å². The average Bonchev–Trinajstić information content (AvgIpc) is 3.65. The molecule has 3 aromatic heterocycles. The van der Waals surface area contributed by atoms with Gasteiger partial charge >= 0.3 is 5.69 Å². The number of amides is 2. The van der Waals surface area contributed by atoms with Crippen molar-refractivity contribution >= 4 is 34.3 Å². The van der Waals surface area contributed by atoms with Crippen LogP contribution in [0.2, 0.25) is 0 Å². The molecule has 1 aromatic carbocycles. The molecule has 0 aliphatic carbocycles. The van der Waals surface area contributed by atoms with Crippen molar-refractivity contribution in [2.45, 2.75) is 52.2 Å². The van der Waals surface area contributed by atoms with Gasteiger partial charge in [-0.2, -0.15) is 11.3 Å². The van der Waals surface area contributed by atoms with Gasteiger partial charge in [-0.15, -0.1) is 0 Å². The summed E-state index contributed by atoms with van der Waals surface area (Å²) in [5, 5.41) is 9.30. The molecule has 0 fully saturated rings. The average molecular weight is 582 g/mol. The number of carbonyl (C=O) groups excluding carboxylic acids is 2. The summed E-state index contributed by atoms with van der Waals surface area (Å²) in [6.45, 7) is 4.96. The fraction of sp³-hybridized carbons (Fsp3) is 0.393. The Morgan fingerprint density at radius 1 is 1.05 bits per heavy atom. The van der Waals surface area contributed by atoms with E-state index in [1.165, 1.54) is 9.13 Å². The Morgan fingerprint density at radius 3 is 2.44 bits per heavy atom. The molecular formula is C28H35N7O5S. The Hall–Kier alpha value is -4.23. The lowest BCUT2D eigenvalue weighted by atomic mass is 10.1.